The zero-order valence-electron chi connectivity index (χ0n) is 31.0. The molecule has 0 spiro atoms. The van der Waals surface area contributed by atoms with Crippen LogP contribution in [0.25, 0.3) is 0 Å². The van der Waals surface area contributed by atoms with E-state index in [1.54, 1.807) is 136 Å². The molecule has 0 bridgehead atoms. The average molecular weight is 1520 g/mol. The first-order valence-electron chi connectivity index (χ1n) is 17.0. The molecule has 4 unspecified atom stereocenters. The van der Waals surface area contributed by atoms with Crippen LogP contribution in [-0.4, -0.2) is 188 Å². The van der Waals surface area contributed by atoms with E-state index < -0.39 is 113 Å². The van der Waals surface area contributed by atoms with E-state index in [1.165, 1.54) is 7.05 Å². The van der Waals surface area contributed by atoms with Crippen molar-refractivity contribution in [1.29, 1.82) is 0 Å². The van der Waals surface area contributed by atoms with Crippen molar-refractivity contribution < 1.29 is 74.7 Å². The second kappa shape index (κ2) is 26.3. The van der Waals surface area contributed by atoms with E-state index in [9.17, 15) is 74.7 Å². The Kier molecular flexibility index (Phi) is 24.3. The Morgan fingerprint density at radius 3 is 1.22 bits per heavy atom. The number of amides is 6. The van der Waals surface area contributed by atoms with Gasteiger partial charge in [0, 0.05) is 46.9 Å². The summed E-state index contributed by atoms with van der Waals surface area (Å²) in [4.78, 5) is 82.0. The monoisotopic (exact) mass is 1520 g/mol. The number of nitrogens with zero attached hydrogens (tertiary/aromatic N) is 2. The summed E-state index contributed by atoms with van der Waals surface area (Å²) < 4.78 is 0.696. The van der Waals surface area contributed by atoms with Gasteiger partial charge >= 0.3 is 0 Å². The Balaban J connectivity index is 2.65. The van der Waals surface area contributed by atoms with Gasteiger partial charge in [-0.15, -0.1) is 0 Å². The molecule has 0 aliphatic rings. The molecule has 27 heteroatoms. The third-order valence-electron chi connectivity index (χ3n) is 7.94. The predicted octanol–water partition coefficient (Wildman–Crippen LogP) is -1.73. The molecule has 0 saturated carbocycles. The largest absolute Gasteiger partial charge is 0.394 e. The van der Waals surface area contributed by atoms with Crippen molar-refractivity contribution in [2.45, 2.75) is 24.4 Å². The molecule has 0 aliphatic carbocycles. The molecule has 0 aliphatic heterocycles. The first kappa shape index (κ1) is 55.4. The van der Waals surface area contributed by atoms with Crippen LogP contribution in [0.3, 0.4) is 0 Å². The minimum absolute atomic E-state index is 0.00415. The smallest absolute Gasteiger partial charge is 0.256 e. The number of anilines is 2. The summed E-state index contributed by atoms with van der Waals surface area (Å²) in [6.45, 7) is -6.42. The number of aliphatic hydroxyl groups is 9. The van der Waals surface area contributed by atoms with Gasteiger partial charge in [0.1, 0.15) is 13.2 Å². The zero-order chi connectivity index (χ0) is 45.8. The van der Waals surface area contributed by atoms with Gasteiger partial charge in [-0.2, -0.15) is 0 Å². The van der Waals surface area contributed by atoms with Gasteiger partial charge in [-0.1, -0.05) is 0 Å². The molecule has 2 aromatic rings. The average Bonchev–Trinajstić information content (AvgIpc) is 3.21. The molecule has 0 radical (unpaired) electrons. The molecule has 0 heterocycles. The lowest BCUT2D eigenvalue weighted by atomic mass is 10.1. The number of nitrogens with one attached hydrogen (secondary N) is 4. The Morgan fingerprint density at radius 2 is 0.850 bits per heavy atom. The van der Waals surface area contributed by atoms with Gasteiger partial charge in [0.15, 0.2) is 0 Å². The molecule has 0 saturated heterocycles. The summed E-state index contributed by atoms with van der Waals surface area (Å²) in [5, 5.41) is 98.3. The van der Waals surface area contributed by atoms with Crippen LogP contribution in [0.15, 0.2) is 0 Å². The molecule has 21 nitrogen and oxygen atoms in total. The van der Waals surface area contributed by atoms with Gasteiger partial charge in [0.25, 0.3) is 23.6 Å². The lowest BCUT2D eigenvalue weighted by Gasteiger charge is -2.30. The minimum Gasteiger partial charge on any atom is -0.394 e. The third-order valence-corrected chi connectivity index (χ3v) is 14.4. The number of carbonyl (C=O) groups is 6. The Morgan fingerprint density at radius 1 is 0.500 bits per heavy atom. The van der Waals surface area contributed by atoms with Crippen molar-refractivity contribution in [3.05, 3.63) is 43.7 Å². The SMILES string of the molecule is CN(CC(O)CN(CC(O)CO)C(=O)c1c(I)c(NC(=O)CO)c(I)c(C(=O)NCC(O)CO)c1I)C(=O)c1c(I)c(NC(=O)CO)c(I)c(C(=O)NCC(O)CO)c1I. The number of hydrogen-bond donors (Lipinski definition) is 13. The molecular weight excluding hydrogens is 1480 g/mol. The number of benzene rings is 2. The maximum atomic E-state index is 14.4. The van der Waals surface area contributed by atoms with Crippen molar-refractivity contribution in [3.63, 3.8) is 0 Å². The van der Waals surface area contributed by atoms with Crippen molar-refractivity contribution in [3.8, 4) is 0 Å². The summed E-state index contributed by atoms with van der Waals surface area (Å²) in [6.07, 6.45) is -5.73. The number of hydrogen-bond acceptors (Lipinski definition) is 15. The second-order valence-electron chi connectivity index (χ2n) is 12.5. The van der Waals surface area contributed by atoms with Crippen LogP contribution in [-0.2, 0) is 9.59 Å². The highest BCUT2D eigenvalue weighted by molar-refractivity contribution is 14.1. The van der Waals surface area contributed by atoms with Crippen LogP contribution < -0.4 is 21.3 Å². The number of carbonyl (C=O) groups excluding carboxylic acids is 6. The fraction of sp³-hybridized carbons (Fsp3) is 0.455. The third kappa shape index (κ3) is 14.7. The van der Waals surface area contributed by atoms with E-state index in [0.717, 1.165) is 9.80 Å². The fourth-order valence-electron chi connectivity index (χ4n) is 5.02. The molecule has 4 atom stereocenters. The van der Waals surface area contributed by atoms with Gasteiger partial charge in [-0.25, -0.2) is 0 Å². The van der Waals surface area contributed by atoms with E-state index in [1.807, 2.05) is 0 Å². The molecule has 0 fully saturated rings. The molecular formula is C33H40I6N6O15. The fourth-order valence-corrected chi connectivity index (χ4v) is 13.8. The topological polar surface area (TPSA) is 339 Å². The van der Waals surface area contributed by atoms with Gasteiger partial charge < -0.3 is 77.0 Å². The summed E-state index contributed by atoms with van der Waals surface area (Å²) in [7, 11) is 1.30. The lowest BCUT2D eigenvalue weighted by Crippen LogP contribution is -2.47. The van der Waals surface area contributed by atoms with Crippen molar-refractivity contribution in [1.82, 2.24) is 20.4 Å². The summed E-state index contributed by atoms with van der Waals surface area (Å²) in [5.74, 6) is -5.02. The van der Waals surface area contributed by atoms with Gasteiger partial charge in [0.05, 0.1) is 92.1 Å². The number of halogens is 6. The van der Waals surface area contributed by atoms with E-state index in [-0.39, 0.29) is 68.1 Å². The van der Waals surface area contributed by atoms with Crippen molar-refractivity contribution in [2.24, 2.45) is 0 Å². The second-order valence-corrected chi connectivity index (χ2v) is 19.0. The van der Waals surface area contributed by atoms with Crippen LogP contribution in [0.5, 0.6) is 0 Å². The standard InChI is InChI=1S/C33H40I6N6O15/c1-44(32(59)20-22(34)18(30(57)40-2-12(51)7-46)24(36)28(26(20)38)42-16(55)10-49)4-14(53)5-45(6-15(54)9-48)33(60)21-23(35)19(31(58)41-3-13(52)8-47)25(37)29(27(21)39)43-17(56)11-50/h12-15,46-54H,2-11H2,1H3,(H,40,57)(H,41,58)(H,42,55)(H,43,56). The lowest BCUT2D eigenvalue weighted by molar-refractivity contribution is -0.119. The maximum absolute atomic E-state index is 14.4. The Hall–Kier alpha value is -0.720. The van der Waals surface area contributed by atoms with Gasteiger partial charge in [-0.3, -0.25) is 28.8 Å². The van der Waals surface area contributed by atoms with Crippen LogP contribution >= 0.6 is 136 Å². The molecule has 334 valence electrons. The van der Waals surface area contributed by atoms with Crippen LogP contribution in [0.2, 0.25) is 0 Å². The molecule has 0 aromatic heterocycles. The summed E-state index contributed by atoms with van der Waals surface area (Å²) in [6, 6.07) is 0. The summed E-state index contributed by atoms with van der Waals surface area (Å²) in [5.41, 5.74) is -0.568. The number of aliphatic hydroxyl groups excluding tert-OH is 9. The highest BCUT2D eigenvalue weighted by Gasteiger charge is 2.34. The molecule has 60 heavy (non-hydrogen) atoms. The normalized spacial score (nSPS) is 13.1. The van der Waals surface area contributed by atoms with Crippen LogP contribution in [0, 0.1) is 21.4 Å². The van der Waals surface area contributed by atoms with Crippen LogP contribution in [0.1, 0.15) is 41.4 Å². The predicted molar refractivity (Wildman–Crippen MR) is 263 cm³/mol. The molecule has 6 amide bonds. The molecule has 2 rings (SSSR count). The highest BCUT2D eigenvalue weighted by Crippen LogP contribution is 2.38. The Bertz CT molecular complexity index is 1950. The van der Waals surface area contributed by atoms with E-state index in [2.05, 4.69) is 21.3 Å². The molecule has 13 N–H and O–H groups in total. The zero-order valence-corrected chi connectivity index (χ0v) is 44.0. The number of rotatable bonds is 21. The summed E-state index contributed by atoms with van der Waals surface area (Å²) >= 11 is 10.5. The van der Waals surface area contributed by atoms with E-state index in [4.69, 9.17) is 0 Å². The van der Waals surface area contributed by atoms with Gasteiger partial charge in [0.2, 0.25) is 11.8 Å². The van der Waals surface area contributed by atoms with E-state index in [0.29, 0.717) is 0 Å². The first-order chi connectivity index (χ1) is 28.1. The van der Waals surface area contributed by atoms with Crippen LogP contribution in [0.4, 0.5) is 11.4 Å². The number of likely N-dealkylation sites (N-methyl/N-ethyl adjacent to an activating group) is 1. The minimum atomic E-state index is -1.57. The maximum Gasteiger partial charge on any atom is 0.256 e. The highest BCUT2D eigenvalue weighted by atomic mass is 127. The van der Waals surface area contributed by atoms with Gasteiger partial charge in [-0.05, 0) is 136 Å². The quantitative estimate of drug-likeness (QED) is 0.0618. The van der Waals surface area contributed by atoms with Crippen molar-refractivity contribution >= 4 is 182 Å². The van der Waals surface area contributed by atoms with Crippen molar-refractivity contribution in [2.75, 3.05) is 83.4 Å². The Labute approximate surface area is 424 Å². The van der Waals surface area contributed by atoms with E-state index >= 15 is 0 Å². The first-order valence-corrected chi connectivity index (χ1v) is 23.5. The molecule has 2 aromatic carbocycles.